The second-order valence-electron chi connectivity index (χ2n) is 4.33. The minimum Gasteiger partial charge on any atom is -0.396 e. The monoisotopic (exact) mass is 251 g/mol. The first-order valence-corrected chi connectivity index (χ1v) is 6.36. The van der Waals surface area contributed by atoms with Gasteiger partial charge in [-0.2, -0.15) is 5.26 Å². The predicted molar refractivity (Wildman–Crippen MR) is 71.4 cm³/mol. The standard InChI is InChI=1S/C12H17N3OS/c1-7(2)4-5-15-12-9(6-13)10(14)11(17-12)8(3)16/h7,15H,4-5,14H2,1-3H3. The quantitative estimate of drug-likeness (QED) is 0.789. The van der Waals surface area contributed by atoms with E-state index in [9.17, 15) is 4.79 Å². The van der Waals surface area contributed by atoms with Crippen molar-refractivity contribution in [1.82, 2.24) is 0 Å². The fourth-order valence-corrected chi connectivity index (χ4v) is 2.41. The predicted octanol–water partition coefficient (Wildman–Crippen LogP) is 2.86. The fraction of sp³-hybridized carbons (Fsp3) is 0.500. The first kappa shape index (κ1) is 13.5. The molecule has 1 aromatic rings. The van der Waals surface area contributed by atoms with Crippen molar-refractivity contribution >= 4 is 27.8 Å². The molecule has 0 aliphatic rings. The Morgan fingerprint density at radius 3 is 2.71 bits per heavy atom. The average molecular weight is 251 g/mol. The molecule has 0 aliphatic carbocycles. The first-order chi connectivity index (χ1) is 7.97. The van der Waals surface area contributed by atoms with Crippen LogP contribution in [-0.2, 0) is 0 Å². The van der Waals surface area contributed by atoms with Crippen molar-refractivity contribution in [3.05, 3.63) is 10.4 Å². The van der Waals surface area contributed by atoms with E-state index in [2.05, 4.69) is 19.2 Å². The number of carbonyl (C=O) groups excluding carboxylic acids is 1. The molecule has 0 unspecified atom stereocenters. The van der Waals surface area contributed by atoms with Crippen LogP contribution < -0.4 is 11.1 Å². The molecule has 0 saturated heterocycles. The largest absolute Gasteiger partial charge is 0.396 e. The molecule has 92 valence electrons. The van der Waals surface area contributed by atoms with Gasteiger partial charge in [0.1, 0.15) is 16.6 Å². The molecule has 0 fully saturated rings. The number of hydrogen-bond donors (Lipinski definition) is 2. The summed E-state index contributed by atoms with van der Waals surface area (Å²) in [6.07, 6.45) is 1.01. The summed E-state index contributed by atoms with van der Waals surface area (Å²) in [6, 6.07) is 2.05. The van der Waals surface area contributed by atoms with Crippen molar-refractivity contribution in [2.75, 3.05) is 17.6 Å². The molecule has 0 spiro atoms. The number of nitrogens with zero attached hydrogens (tertiary/aromatic N) is 1. The molecular formula is C12H17N3OS. The lowest BCUT2D eigenvalue weighted by atomic mass is 10.1. The number of carbonyl (C=O) groups is 1. The van der Waals surface area contributed by atoms with Crippen molar-refractivity contribution in [3.8, 4) is 6.07 Å². The minimum atomic E-state index is -0.0964. The van der Waals surface area contributed by atoms with Crippen LogP contribution in [0.3, 0.4) is 0 Å². The van der Waals surface area contributed by atoms with Crippen molar-refractivity contribution in [3.63, 3.8) is 0 Å². The van der Waals surface area contributed by atoms with Crippen LogP contribution >= 0.6 is 11.3 Å². The molecule has 5 heteroatoms. The topological polar surface area (TPSA) is 78.9 Å². The van der Waals surface area contributed by atoms with E-state index >= 15 is 0 Å². The maximum Gasteiger partial charge on any atom is 0.171 e. The fourth-order valence-electron chi connectivity index (χ4n) is 1.42. The number of anilines is 2. The van der Waals surface area contributed by atoms with Gasteiger partial charge in [-0.1, -0.05) is 13.8 Å². The number of nitrogens with two attached hydrogens (primary N) is 1. The highest BCUT2D eigenvalue weighted by Crippen LogP contribution is 2.35. The summed E-state index contributed by atoms with van der Waals surface area (Å²) < 4.78 is 0. The molecular weight excluding hydrogens is 234 g/mol. The Labute approximate surface area is 105 Å². The van der Waals surface area contributed by atoms with E-state index in [1.807, 2.05) is 6.07 Å². The Bertz CT molecular complexity index is 457. The van der Waals surface area contributed by atoms with Gasteiger partial charge in [-0.25, -0.2) is 0 Å². The van der Waals surface area contributed by atoms with E-state index in [0.29, 0.717) is 27.0 Å². The Morgan fingerprint density at radius 2 is 2.24 bits per heavy atom. The summed E-state index contributed by atoms with van der Waals surface area (Å²) >= 11 is 1.26. The SMILES string of the molecule is CC(=O)c1sc(NCCC(C)C)c(C#N)c1N. The van der Waals surface area contributed by atoms with Crippen LogP contribution in [0.2, 0.25) is 0 Å². The zero-order chi connectivity index (χ0) is 13.0. The van der Waals surface area contributed by atoms with E-state index < -0.39 is 0 Å². The van der Waals surface area contributed by atoms with Crippen LogP contribution in [0, 0.1) is 17.2 Å². The lowest BCUT2D eigenvalue weighted by molar-refractivity contribution is 0.102. The van der Waals surface area contributed by atoms with Crippen molar-refractivity contribution < 1.29 is 4.79 Å². The summed E-state index contributed by atoms with van der Waals surface area (Å²) in [5.74, 6) is 0.499. The lowest BCUT2D eigenvalue weighted by Gasteiger charge is -2.06. The molecule has 3 N–H and O–H groups in total. The van der Waals surface area contributed by atoms with Crippen LogP contribution in [0.25, 0.3) is 0 Å². The summed E-state index contributed by atoms with van der Waals surface area (Å²) in [6.45, 7) is 6.51. The molecule has 0 aromatic carbocycles. The Balaban J connectivity index is 2.89. The van der Waals surface area contributed by atoms with Gasteiger partial charge in [-0.3, -0.25) is 4.79 Å². The molecule has 17 heavy (non-hydrogen) atoms. The van der Waals surface area contributed by atoms with E-state index in [-0.39, 0.29) is 5.78 Å². The zero-order valence-corrected chi connectivity index (χ0v) is 11.1. The number of rotatable bonds is 5. The molecule has 1 rings (SSSR count). The zero-order valence-electron chi connectivity index (χ0n) is 10.3. The average Bonchev–Trinajstić information content (AvgIpc) is 2.54. The second kappa shape index (κ2) is 5.69. The Kier molecular flexibility index (Phi) is 4.53. The smallest absolute Gasteiger partial charge is 0.171 e. The Hall–Kier alpha value is -1.54. The summed E-state index contributed by atoms with van der Waals surface area (Å²) in [5, 5.41) is 12.9. The molecule has 0 atom stereocenters. The highest BCUT2D eigenvalue weighted by atomic mass is 32.1. The number of ketones is 1. The van der Waals surface area contributed by atoms with E-state index in [1.165, 1.54) is 18.3 Å². The van der Waals surface area contributed by atoms with Crippen LogP contribution in [-0.4, -0.2) is 12.3 Å². The molecule has 0 aliphatic heterocycles. The minimum absolute atomic E-state index is 0.0964. The van der Waals surface area contributed by atoms with E-state index in [1.54, 1.807) is 0 Å². The summed E-state index contributed by atoms with van der Waals surface area (Å²) in [4.78, 5) is 11.8. The molecule has 0 amide bonds. The number of nitrogen functional groups attached to an aromatic ring is 1. The Morgan fingerprint density at radius 1 is 1.59 bits per heavy atom. The van der Waals surface area contributed by atoms with Gasteiger partial charge in [0.2, 0.25) is 0 Å². The van der Waals surface area contributed by atoms with Gasteiger partial charge in [0.15, 0.2) is 5.78 Å². The highest BCUT2D eigenvalue weighted by Gasteiger charge is 2.18. The lowest BCUT2D eigenvalue weighted by Crippen LogP contribution is -2.04. The van der Waals surface area contributed by atoms with Gasteiger partial charge in [0.05, 0.1) is 10.6 Å². The maximum absolute atomic E-state index is 11.3. The number of nitriles is 1. The van der Waals surface area contributed by atoms with Gasteiger partial charge in [0.25, 0.3) is 0 Å². The van der Waals surface area contributed by atoms with E-state index in [0.717, 1.165) is 13.0 Å². The van der Waals surface area contributed by atoms with Crippen LogP contribution in [0.15, 0.2) is 0 Å². The highest BCUT2D eigenvalue weighted by molar-refractivity contribution is 7.18. The molecule has 1 heterocycles. The number of thiophene rings is 1. The normalized spacial score (nSPS) is 10.3. The number of Topliss-reactive ketones (excluding diaryl/α,β-unsaturated/α-hetero) is 1. The summed E-state index contributed by atoms with van der Waals surface area (Å²) in [7, 11) is 0. The van der Waals surface area contributed by atoms with Crippen molar-refractivity contribution in [2.24, 2.45) is 5.92 Å². The number of nitrogens with one attached hydrogen (secondary N) is 1. The molecule has 0 radical (unpaired) electrons. The van der Waals surface area contributed by atoms with Crippen molar-refractivity contribution in [2.45, 2.75) is 27.2 Å². The number of hydrogen-bond acceptors (Lipinski definition) is 5. The first-order valence-electron chi connectivity index (χ1n) is 5.54. The second-order valence-corrected chi connectivity index (χ2v) is 5.35. The summed E-state index contributed by atoms with van der Waals surface area (Å²) in [5.41, 5.74) is 6.47. The molecule has 0 bridgehead atoms. The van der Waals surface area contributed by atoms with Crippen LogP contribution in [0.4, 0.5) is 10.7 Å². The van der Waals surface area contributed by atoms with Crippen LogP contribution in [0.1, 0.15) is 42.4 Å². The third-order valence-corrected chi connectivity index (χ3v) is 3.65. The van der Waals surface area contributed by atoms with Gasteiger partial charge >= 0.3 is 0 Å². The third kappa shape index (κ3) is 3.21. The van der Waals surface area contributed by atoms with Gasteiger partial charge < -0.3 is 11.1 Å². The van der Waals surface area contributed by atoms with Gasteiger partial charge in [0, 0.05) is 13.5 Å². The maximum atomic E-state index is 11.3. The molecule has 4 nitrogen and oxygen atoms in total. The molecule has 0 saturated carbocycles. The molecule has 1 aromatic heterocycles. The van der Waals surface area contributed by atoms with Gasteiger partial charge in [-0.05, 0) is 12.3 Å². The van der Waals surface area contributed by atoms with E-state index in [4.69, 9.17) is 11.0 Å². The van der Waals surface area contributed by atoms with Gasteiger partial charge in [-0.15, -0.1) is 11.3 Å². The van der Waals surface area contributed by atoms with Crippen molar-refractivity contribution in [1.29, 1.82) is 5.26 Å². The van der Waals surface area contributed by atoms with Crippen LogP contribution in [0.5, 0.6) is 0 Å². The third-order valence-electron chi connectivity index (χ3n) is 2.38.